The van der Waals surface area contributed by atoms with Crippen molar-refractivity contribution >= 4 is 33.2 Å². The van der Waals surface area contributed by atoms with Crippen molar-refractivity contribution in [3.8, 4) is 0 Å². The second kappa shape index (κ2) is 5.41. The van der Waals surface area contributed by atoms with Gasteiger partial charge in [-0.15, -0.1) is 0 Å². The highest BCUT2D eigenvalue weighted by Gasteiger charge is 2.05. The second-order valence-electron chi connectivity index (χ2n) is 3.51. The summed E-state index contributed by atoms with van der Waals surface area (Å²) in [6.07, 6.45) is 3.70. The average Bonchev–Trinajstić information content (AvgIpc) is 2.82. The number of alkyl halides is 1. The Morgan fingerprint density at radius 1 is 1.31 bits per heavy atom. The molecule has 0 radical (unpaired) electrons. The van der Waals surface area contributed by atoms with Gasteiger partial charge >= 0.3 is 0 Å². The van der Waals surface area contributed by atoms with E-state index >= 15 is 0 Å². The number of hydrogen-bond donors (Lipinski definition) is 0. The summed E-state index contributed by atoms with van der Waals surface area (Å²) in [6, 6.07) is 2.12. The molecule has 84 valence electrons. The Hall–Kier alpha value is -0.940. The van der Waals surface area contributed by atoms with Gasteiger partial charge in [-0.1, -0.05) is 15.9 Å². The Bertz CT molecular complexity index is 427. The van der Waals surface area contributed by atoms with E-state index in [1.807, 2.05) is 24.3 Å². The molecule has 5 heteroatoms. The summed E-state index contributed by atoms with van der Waals surface area (Å²) in [5.74, 6) is 0.760. The first-order chi connectivity index (χ1) is 7.79. The summed E-state index contributed by atoms with van der Waals surface area (Å²) >= 11 is 5.08. The highest BCUT2D eigenvalue weighted by atomic mass is 79.9. The summed E-state index contributed by atoms with van der Waals surface area (Å²) in [7, 11) is 2.00. The van der Waals surface area contributed by atoms with Crippen LogP contribution in [0.25, 0.3) is 0 Å². The Kier molecular flexibility index (Phi) is 3.90. The van der Waals surface area contributed by atoms with Gasteiger partial charge in [0.2, 0.25) is 5.95 Å². The zero-order valence-corrected chi connectivity index (χ0v) is 11.3. The van der Waals surface area contributed by atoms with Crippen molar-refractivity contribution in [2.24, 2.45) is 0 Å². The lowest BCUT2D eigenvalue weighted by Crippen LogP contribution is -2.18. The van der Waals surface area contributed by atoms with E-state index in [9.17, 15) is 0 Å². The van der Waals surface area contributed by atoms with E-state index < -0.39 is 0 Å². The molecule has 2 aromatic rings. The Morgan fingerprint density at radius 3 is 2.62 bits per heavy atom. The van der Waals surface area contributed by atoms with Gasteiger partial charge < -0.3 is 4.90 Å². The van der Waals surface area contributed by atoms with E-state index in [4.69, 9.17) is 0 Å². The summed E-state index contributed by atoms with van der Waals surface area (Å²) in [6.45, 7) is 0.844. The van der Waals surface area contributed by atoms with Crippen molar-refractivity contribution in [1.82, 2.24) is 9.97 Å². The van der Waals surface area contributed by atoms with Crippen LogP contribution in [0.1, 0.15) is 11.1 Å². The topological polar surface area (TPSA) is 29.0 Å². The average molecular weight is 298 g/mol. The molecule has 16 heavy (non-hydrogen) atoms. The van der Waals surface area contributed by atoms with E-state index in [1.54, 1.807) is 11.3 Å². The lowest BCUT2D eigenvalue weighted by atomic mass is 10.3. The van der Waals surface area contributed by atoms with E-state index in [-0.39, 0.29) is 0 Å². The fourth-order valence-corrected chi connectivity index (χ4v) is 2.29. The van der Waals surface area contributed by atoms with Gasteiger partial charge in [0.1, 0.15) is 0 Å². The zero-order chi connectivity index (χ0) is 11.4. The summed E-state index contributed by atoms with van der Waals surface area (Å²) in [5.41, 5.74) is 2.38. The van der Waals surface area contributed by atoms with Crippen LogP contribution in [0.3, 0.4) is 0 Å². The predicted octanol–water partition coefficient (Wildman–Crippen LogP) is 3.07. The summed E-state index contributed by atoms with van der Waals surface area (Å²) in [5, 5.41) is 5.02. The van der Waals surface area contributed by atoms with Gasteiger partial charge in [0.05, 0.1) is 0 Å². The minimum Gasteiger partial charge on any atom is -0.340 e. The van der Waals surface area contributed by atoms with Crippen LogP contribution < -0.4 is 4.90 Å². The molecule has 3 nitrogen and oxygen atoms in total. The molecule has 2 aromatic heterocycles. The Morgan fingerprint density at radius 2 is 2.06 bits per heavy atom. The van der Waals surface area contributed by atoms with Crippen molar-refractivity contribution in [1.29, 1.82) is 0 Å². The normalized spacial score (nSPS) is 10.4. The maximum absolute atomic E-state index is 4.32. The number of hydrogen-bond acceptors (Lipinski definition) is 4. The molecule has 0 aliphatic heterocycles. The number of nitrogens with zero attached hydrogens (tertiary/aromatic N) is 3. The maximum Gasteiger partial charge on any atom is 0.225 e. The number of thiophene rings is 1. The SMILES string of the molecule is CN(Cc1ccsc1)c1ncc(CBr)cn1. The van der Waals surface area contributed by atoms with Gasteiger partial charge in [0.15, 0.2) is 0 Å². The third-order valence-corrected chi connectivity index (χ3v) is 3.57. The minimum atomic E-state index is 0.760. The van der Waals surface area contributed by atoms with Gasteiger partial charge in [-0.2, -0.15) is 11.3 Å². The minimum absolute atomic E-state index is 0.760. The van der Waals surface area contributed by atoms with Crippen LogP contribution >= 0.6 is 27.3 Å². The summed E-state index contributed by atoms with van der Waals surface area (Å²) in [4.78, 5) is 10.7. The van der Waals surface area contributed by atoms with E-state index in [1.165, 1.54) is 5.56 Å². The van der Waals surface area contributed by atoms with Crippen LogP contribution in [-0.2, 0) is 11.9 Å². The number of aromatic nitrogens is 2. The first-order valence-electron chi connectivity index (χ1n) is 4.88. The molecule has 0 bridgehead atoms. The van der Waals surface area contributed by atoms with E-state index in [0.717, 1.165) is 23.4 Å². The van der Waals surface area contributed by atoms with Crippen molar-refractivity contribution < 1.29 is 0 Å². The molecule has 0 amide bonds. The van der Waals surface area contributed by atoms with Crippen LogP contribution in [0, 0.1) is 0 Å². The molecule has 0 aliphatic rings. The monoisotopic (exact) mass is 297 g/mol. The molecular formula is C11H12BrN3S. The van der Waals surface area contributed by atoms with Crippen LogP contribution in [0.2, 0.25) is 0 Å². The van der Waals surface area contributed by atoms with Crippen LogP contribution in [-0.4, -0.2) is 17.0 Å². The van der Waals surface area contributed by atoms with Crippen molar-refractivity contribution in [3.63, 3.8) is 0 Å². The van der Waals surface area contributed by atoms with Gasteiger partial charge in [0.25, 0.3) is 0 Å². The molecule has 0 unspecified atom stereocenters. The quantitative estimate of drug-likeness (QED) is 0.812. The fraction of sp³-hybridized carbons (Fsp3) is 0.273. The van der Waals surface area contributed by atoms with Crippen molar-refractivity contribution in [2.45, 2.75) is 11.9 Å². The molecule has 0 spiro atoms. The number of halogens is 1. The highest BCUT2D eigenvalue weighted by molar-refractivity contribution is 9.08. The van der Waals surface area contributed by atoms with Crippen molar-refractivity contribution in [3.05, 3.63) is 40.3 Å². The molecule has 0 aliphatic carbocycles. The van der Waals surface area contributed by atoms with E-state index in [2.05, 4.69) is 42.7 Å². The fourth-order valence-electron chi connectivity index (χ4n) is 1.34. The third-order valence-electron chi connectivity index (χ3n) is 2.19. The van der Waals surface area contributed by atoms with Crippen molar-refractivity contribution in [2.75, 3.05) is 11.9 Å². The molecule has 0 fully saturated rings. The molecule has 0 saturated carbocycles. The molecule has 0 atom stereocenters. The predicted molar refractivity (Wildman–Crippen MR) is 71.1 cm³/mol. The van der Waals surface area contributed by atoms with Crippen LogP contribution in [0.5, 0.6) is 0 Å². The van der Waals surface area contributed by atoms with Crippen LogP contribution in [0.4, 0.5) is 5.95 Å². The standard InChI is InChI=1S/C11H12BrN3S/c1-15(7-9-2-3-16-8-9)11-13-5-10(4-12)6-14-11/h2-3,5-6,8H,4,7H2,1H3. The Labute approximate surface area is 107 Å². The lowest BCUT2D eigenvalue weighted by molar-refractivity contribution is 0.866. The molecule has 0 N–H and O–H groups in total. The van der Waals surface area contributed by atoms with Gasteiger partial charge in [-0.25, -0.2) is 9.97 Å². The summed E-state index contributed by atoms with van der Waals surface area (Å²) < 4.78 is 0. The molecule has 0 aromatic carbocycles. The molecule has 0 saturated heterocycles. The van der Waals surface area contributed by atoms with Crippen LogP contribution in [0.15, 0.2) is 29.2 Å². The molecule has 2 heterocycles. The van der Waals surface area contributed by atoms with Gasteiger partial charge in [-0.3, -0.25) is 0 Å². The second-order valence-corrected chi connectivity index (χ2v) is 4.85. The number of anilines is 1. The smallest absolute Gasteiger partial charge is 0.225 e. The maximum atomic E-state index is 4.32. The molecule has 2 rings (SSSR count). The first kappa shape index (κ1) is 11.5. The zero-order valence-electron chi connectivity index (χ0n) is 8.93. The Balaban J connectivity index is 2.05. The third kappa shape index (κ3) is 2.80. The van der Waals surface area contributed by atoms with Gasteiger partial charge in [-0.05, 0) is 28.0 Å². The first-order valence-corrected chi connectivity index (χ1v) is 6.95. The van der Waals surface area contributed by atoms with Gasteiger partial charge in [0, 0.05) is 31.3 Å². The van der Waals surface area contributed by atoms with E-state index in [0.29, 0.717) is 0 Å². The molecular weight excluding hydrogens is 286 g/mol. The highest BCUT2D eigenvalue weighted by Crippen LogP contribution is 2.13. The lowest BCUT2D eigenvalue weighted by Gasteiger charge is -2.15. The largest absolute Gasteiger partial charge is 0.340 e. The number of rotatable bonds is 4.